The SMILES string of the molecule is Cc1cc(C(F)(F)F)nn1CCNC(=O)[C@@H]1[C@H](N)[C@H]2C=C[C@@H]1O2. The lowest BCUT2D eigenvalue weighted by Crippen LogP contribution is -2.47. The molecule has 0 spiro atoms. The number of ether oxygens (including phenoxy) is 1. The van der Waals surface area contributed by atoms with Crippen LogP contribution in [0, 0.1) is 12.8 Å². The Labute approximate surface area is 130 Å². The van der Waals surface area contributed by atoms with Crippen LogP contribution in [0.25, 0.3) is 0 Å². The second-order valence-electron chi connectivity index (χ2n) is 5.74. The van der Waals surface area contributed by atoms with Crippen molar-refractivity contribution in [2.45, 2.75) is 37.9 Å². The maximum absolute atomic E-state index is 12.6. The summed E-state index contributed by atoms with van der Waals surface area (Å²) in [4.78, 5) is 12.2. The third kappa shape index (κ3) is 2.98. The Balaban J connectivity index is 1.55. The maximum atomic E-state index is 12.6. The van der Waals surface area contributed by atoms with E-state index in [-0.39, 0.29) is 31.2 Å². The van der Waals surface area contributed by atoms with Crippen molar-refractivity contribution >= 4 is 5.91 Å². The fourth-order valence-corrected chi connectivity index (χ4v) is 2.94. The van der Waals surface area contributed by atoms with Gasteiger partial charge in [0.2, 0.25) is 5.91 Å². The van der Waals surface area contributed by atoms with E-state index in [2.05, 4.69) is 10.4 Å². The fraction of sp³-hybridized carbons (Fsp3) is 0.571. The minimum atomic E-state index is -4.47. The molecule has 6 nitrogen and oxygen atoms in total. The van der Waals surface area contributed by atoms with Crippen molar-refractivity contribution < 1.29 is 22.7 Å². The monoisotopic (exact) mass is 330 g/mol. The van der Waals surface area contributed by atoms with Crippen LogP contribution >= 0.6 is 0 Å². The van der Waals surface area contributed by atoms with Crippen molar-refractivity contribution in [1.29, 1.82) is 0 Å². The van der Waals surface area contributed by atoms with Crippen molar-refractivity contribution in [3.8, 4) is 0 Å². The van der Waals surface area contributed by atoms with E-state index in [1.165, 1.54) is 11.6 Å². The zero-order chi connectivity index (χ0) is 16.8. The van der Waals surface area contributed by atoms with Crippen LogP contribution in [0.3, 0.4) is 0 Å². The number of aromatic nitrogens is 2. The van der Waals surface area contributed by atoms with Crippen molar-refractivity contribution in [1.82, 2.24) is 15.1 Å². The van der Waals surface area contributed by atoms with Crippen LogP contribution in [-0.2, 0) is 22.3 Å². The number of carbonyl (C=O) groups excluding carboxylic acids is 1. The molecule has 4 atom stereocenters. The summed E-state index contributed by atoms with van der Waals surface area (Å²) in [7, 11) is 0. The zero-order valence-corrected chi connectivity index (χ0v) is 12.4. The van der Waals surface area contributed by atoms with Gasteiger partial charge in [-0.3, -0.25) is 9.48 Å². The minimum Gasteiger partial charge on any atom is -0.364 e. The standard InChI is InChI=1S/C14H17F3N4O2/c1-7-6-10(14(15,16)17)20-21(7)5-4-19-13(22)11-8-2-3-9(23-8)12(11)18/h2-3,6,8-9,11-12H,4-5,18H2,1H3,(H,19,22)/t8-,9+,11-,12+/m0/s1. The van der Waals surface area contributed by atoms with Gasteiger partial charge in [-0.05, 0) is 13.0 Å². The summed E-state index contributed by atoms with van der Waals surface area (Å²) in [5.74, 6) is -0.718. The van der Waals surface area contributed by atoms with Gasteiger partial charge >= 0.3 is 6.18 Å². The molecule has 2 aliphatic rings. The number of fused-ring (bicyclic) bond motifs is 2. The van der Waals surface area contributed by atoms with Gasteiger partial charge < -0.3 is 15.8 Å². The summed E-state index contributed by atoms with van der Waals surface area (Å²) in [6.07, 6.45) is -1.38. The Morgan fingerprint density at radius 2 is 2.13 bits per heavy atom. The quantitative estimate of drug-likeness (QED) is 0.793. The van der Waals surface area contributed by atoms with Gasteiger partial charge in [0.05, 0.1) is 24.7 Å². The first-order valence-corrected chi connectivity index (χ1v) is 7.26. The lowest BCUT2D eigenvalue weighted by Gasteiger charge is -2.20. The van der Waals surface area contributed by atoms with Gasteiger partial charge in [-0.2, -0.15) is 18.3 Å². The van der Waals surface area contributed by atoms with E-state index in [0.29, 0.717) is 5.69 Å². The van der Waals surface area contributed by atoms with E-state index in [4.69, 9.17) is 10.5 Å². The number of nitrogens with two attached hydrogens (primary N) is 1. The number of halogens is 3. The number of carbonyl (C=O) groups is 1. The van der Waals surface area contributed by atoms with E-state index in [1.807, 2.05) is 12.2 Å². The predicted molar refractivity (Wildman–Crippen MR) is 74.2 cm³/mol. The smallest absolute Gasteiger partial charge is 0.364 e. The Kier molecular flexibility index (Phi) is 3.93. The molecule has 1 amide bonds. The molecule has 3 rings (SSSR count). The molecule has 0 radical (unpaired) electrons. The molecule has 1 saturated heterocycles. The van der Waals surface area contributed by atoms with Crippen molar-refractivity contribution in [3.63, 3.8) is 0 Å². The van der Waals surface area contributed by atoms with Crippen molar-refractivity contribution in [3.05, 3.63) is 29.6 Å². The molecule has 0 unspecified atom stereocenters. The fourth-order valence-electron chi connectivity index (χ4n) is 2.94. The third-order valence-electron chi connectivity index (χ3n) is 4.15. The number of hydrogen-bond donors (Lipinski definition) is 2. The summed E-state index contributed by atoms with van der Waals surface area (Å²) < 4.78 is 44.5. The van der Waals surface area contributed by atoms with Gasteiger partial charge in [0.25, 0.3) is 0 Å². The van der Waals surface area contributed by atoms with E-state index in [1.54, 1.807) is 0 Å². The van der Waals surface area contributed by atoms with E-state index in [9.17, 15) is 18.0 Å². The Bertz CT molecular complexity index is 640. The molecule has 1 aromatic rings. The van der Waals surface area contributed by atoms with E-state index < -0.39 is 23.8 Å². The molecule has 0 aliphatic carbocycles. The van der Waals surface area contributed by atoms with Crippen LogP contribution in [0.15, 0.2) is 18.2 Å². The zero-order valence-electron chi connectivity index (χ0n) is 12.4. The predicted octanol–water partition coefficient (Wildman–Crippen LogP) is 0.607. The lowest BCUT2D eigenvalue weighted by molar-refractivity contribution is -0.141. The first kappa shape index (κ1) is 16.0. The van der Waals surface area contributed by atoms with Crippen molar-refractivity contribution in [2.75, 3.05) is 6.54 Å². The van der Waals surface area contributed by atoms with E-state index in [0.717, 1.165) is 6.07 Å². The Morgan fingerprint density at radius 3 is 2.70 bits per heavy atom. The average Bonchev–Trinajstić information content (AvgIpc) is 3.13. The van der Waals surface area contributed by atoms with Crippen molar-refractivity contribution in [2.24, 2.45) is 11.7 Å². The van der Waals surface area contributed by atoms with Gasteiger partial charge in [-0.25, -0.2) is 0 Å². The molecule has 2 bridgehead atoms. The Morgan fingerprint density at radius 1 is 1.43 bits per heavy atom. The second-order valence-corrected chi connectivity index (χ2v) is 5.74. The molecule has 0 aromatic carbocycles. The molecule has 9 heteroatoms. The van der Waals surface area contributed by atoms with Gasteiger partial charge in [0.15, 0.2) is 5.69 Å². The van der Waals surface area contributed by atoms with Crippen LogP contribution in [0.1, 0.15) is 11.4 Å². The van der Waals surface area contributed by atoms with Gasteiger partial charge in [0.1, 0.15) is 0 Å². The number of nitrogens with one attached hydrogen (secondary N) is 1. The topological polar surface area (TPSA) is 82.2 Å². The summed E-state index contributed by atoms with van der Waals surface area (Å²) in [6, 6.07) is 0.583. The summed E-state index contributed by atoms with van der Waals surface area (Å²) >= 11 is 0. The number of amides is 1. The Hall–Kier alpha value is -1.87. The van der Waals surface area contributed by atoms with Gasteiger partial charge in [-0.1, -0.05) is 12.2 Å². The number of nitrogens with zero attached hydrogens (tertiary/aromatic N) is 2. The average molecular weight is 330 g/mol. The first-order chi connectivity index (χ1) is 10.8. The number of aryl methyl sites for hydroxylation is 1. The summed E-state index contributed by atoms with van der Waals surface area (Å²) in [6.45, 7) is 1.86. The lowest BCUT2D eigenvalue weighted by atomic mass is 9.89. The van der Waals surface area contributed by atoms with Crippen LogP contribution in [0.5, 0.6) is 0 Å². The highest BCUT2D eigenvalue weighted by Gasteiger charge is 2.47. The van der Waals surface area contributed by atoms with Gasteiger partial charge in [0, 0.05) is 18.3 Å². The third-order valence-corrected chi connectivity index (χ3v) is 4.15. The molecular weight excluding hydrogens is 313 g/mol. The molecule has 1 aromatic heterocycles. The highest BCUT2D eigenvalue weighted by molar-refractivity contribution is 5.81. The highest BCUT2D eigenvalue weighted by Crippen LogP contribution is 2.33. The maximum Gasteiger partial charge on any atom is 0.435 e. The molecule has 3 heterocycles. The molecule has 23 heavy (non-hydrogen) atoms. The van der Waals surface area contributed by atoms with Crippen LogP contribution < -0.4 is 11.1 Å². The molecule has 3 N–H and O–H groups in total. The van der Waals surface area contributed by atoms with Crippen LogP contribution in [0.4, 0.5) is 13.2 Å². The van der Waals surface area contributed by atoms with E-state index >= 15 is 0 Å². The molecule has 126 valence electrons. The molecule has 2 aliphatic heterocycles. The summed E-state index contributed by atoms with van der Waals surface area (Å²) in [5.41, 5.74) is 5.39. The normalized spacial score (nSPS) is 29.3. The molecular formula is C14H17F3N4O2. The van der Waals surface area contributed by atoms with Crippen LogP contribution in [-0.4, -0.2) is 40.5 Å². The first-order valence-electron chi connectivity index (χ1n) is 7.26. The number of hydrogen-bond acceptors (Lipinski definition) is 4. The van der Waals surface area contributed by atoms with Crippen LogP contribution in [0.2, 0.25) is 0 Å². The van der Waals surface area contributed by atoms with Gasteiger partial charge in [-0.15, -0.1) is 0 Å². The number of rotatable bonds is 4. The largest absolute Gasteiger partial charge is 0.435 e. The highest BCUT2D eigenvalue weighted by atomic mass is 19.4. The number of alkyl halides is 3. The minimum absolute atomic E-state index is 0.153. The molecule has 1 fully saturated rings. The summed E-state index contributed by atoms with van der Waals surface area (Å²) in [5, 5.41) is 6.20. The second kappa shape index (κ2) is 5.64. The molecule has 0 saturated carbocycles.